The number of aromatic amines is 1. The van der Waals surface area contributed by atoms with Gasteiger partial charge < -0.3 is 20.1 Å². The number of hydrogen-bond acceptors (Lipinski definition) is 5. The molecule has 1 saturated heterocycles. The molecule has 0 spiro atoms. The SMILES string of the molecule is CNC(=O)C1CN(C(=O)c2ccc(=O)[nH]c2)CCN1c1ccc(C#N)c(C(F)(F)F)c1. The van der Waals surface area contributed by atoms with E-state index in [1.54, 1.807) is 0 Å². The monoisotopic (exact) mass is 433 g/mol. The number of amides is 2. The Labute approximate surface area is 174 Å². The number of rotatable bonds is 3. The Kier molecular flexibility index (Phi) is 6.01. The van der Waals surface area contributed by atoms with Gasteiger partial charge in [0.15, 0.2) is 0 Å². The molecule has 0 saturated carbocycles. The van der Waals surface area contributed by atoms with Crippen molar-refractivity contribution >= 4 is 17.5 Å². The van der Waals surface area contributed by atoms with Crippen LogP contribution in [0.5, 0.6) is 0 Å². The maximum absolute atomic E-state index is 13.4. The lowest BCUT2D eigenvalue weighted by atomic mass is 10.0. The molecule has 0 radical (unpaired) electrons. The highest BCUT2D eigenvalue weighted by Gasteiger charge is 2.37. The van der Waals surface area contributed by atoms with E-state index in [2.05, 4.69) is 10.3 Å². The molecule has 11 heteroatoms. The molecule has 1 atom stereocenters. The number of alkyl halides is 3. The number of pyridine rings is 1. The summed E-state index contributed by atoms with van der Waals surface area (Å²) in [5, 5.41) is 11.5. The first kappa shape index (κ1) is 21.9. The molecule has 2 heterocycles. The highest BCUT2D eigenvalue weighted by molar-refractivity contribution is 5.95. The van der Waals surface area contributed by atoms with Crippen molar-refractivity contribution in [2.45, 2.75) is 12.2 Å². The van der Waals surface area contributed by atoms with Crippen LogP contribution >= 0.6 is 0 Å². The van der Waals surface area contributed by atoms with Crippen LogP contribution in [0.4, 0.5) is 18.9 Å². The minimum atomic E-state index is -4.73. The minimum absolute atomic E-state index is 0.0705. The van der Waals surface area contributed by atoms with Gasteiger partial charge in [0.1, 0.15) is 6.04 Å². The number of halogens is 3. The molecule has 2 aromatic rings. The summed E-state index contributed by atoms with van der Waals surface area (Å²) in [6.45, 7) is 0.169. The van der Waals surface area contributed by atoms with Gasteiger partial charge in [-0.05, 0) is 24.3 Å². The Morgan fingerprint density at radius 1 is 1.23 bits per heavy atom. The van der Waals surface area contributed by atoms with Gasteiger partial charge in [0.25, 0.3) is 5.91 Å². The summed E-state index contributed by atoms with van der Waals surface area (Å²) in [6.07, 6.45) is -3.46. The van der Waals surface area contributed by atoms with Gasteiger partial charge in [-0.1, -0.05) is 0 Å². The van der Waals surface area contributed by atoms with Crippen LogP contribution in [0.15, 0.2) is 41.3 Å². The van der Waals surface area contributed by atoms with E-state index < -0.39 is 35.2 Å². The average Bonchev–Trinajstić information content (AvgIpc) is 2.77. The Bertz CT molecular complexity index is 1090. The van der Waals surface area contributed by atoms with Crippen LogP contribution in [0.1, 0.15) is 21.5 Å². The van der Waals surface area contributed by atoms with E-state index in [9.17, 15) is 27.6 Å². The van der Waals surface area contributed by atoms with E-state index in [-0.39, 0.29) is 36.4 Å². The van der Waals surface area contributed by atoms with Crippen molar-refractivity contribution in [3.8, 4) is 6.07 Å². The second-order valence-corrected chi connectivity index (χ2v) is 6.86. The summed E-state index contributed by atoms with van der Waals surface area (Å²) in [7, 11) is 1.39. The van der Waals surface area contributed by atoms with Crippen molar-refractivity contribution in [3.05, 3.63) is 63.6 Å². The van der Waals surface area contributed by atoms with Gasteiger partial charge in [-0.3, -0.25) is 14.4 Å². The Morgan fingerprint density at radius 3 is 2.55 bits per heavy atom. The van der Waals surface area contributed by atoms with E-state index in [4.69, 9.17) is 5.26 Å². The molecule has 1 unspecified atom stereocenters. The van der Waals surface area contributed by atoms with Crippen molar-refractivity contribution in [1.82, 2.24) is 15.2 Å². The molecule has 0 aliphatic carbocycles. The first-order valence-corrected chi connectivity index (χ1v) is 9.23. The lowest BCUT2D eigenvalue weighted by Crippen LogP contribution is -2.60. The summed E-state index contributed by atoms with van der Waals surface area (Å²) in [5.74, 6) is -0.891. The first-order chi connectivity index (χ1) is 14.7. The molecule has 1 fully saturated rings. The Hall–Kier alpha value is -3.81. The van der Waals surface area contributed by atoms with Crippen molar-refractivity contribution in [3.63, 3.8) is 0 Å². The molecule has 8 nitrogen and oxygen atoms in total. The topological polar surface area (TPSA) is 109 Å². The molecule has 1 aromatic carbocycles. The third-order valence-electron chi connectivity index (χ3n) is 5.01. The molecule has 3 rings (SSSR count). The van der Waals surface area contributed by atoms with Crippen LogP contribution < -0.4 is 15.8 Å². The predicted molar refractivity (Wildman–Crippen MR) is 104 cm³/mol. The largest absolute Gasteiger partial charge is 0.417 e. The summed E-state index contributed by atoms with van der Waals surface area (Å²) >= 11 is 0. The number of aromatic nitrogens is 1. The average molecular weight is 433 g/mol. The third kappa shape index (κ3) is 4.53. The quantitative estimate of drug-likeness (QED) is 0.760. The number of likely N-dealkylation sites (N-methyl/N-ethyl adjacent to an activating group) is 1. The molecule has 2 amide bonds. The lowest BCUT2D eigenvalue weighted by molar-refractivity contribution is -0.137. The minimum Gasteiger partial charge on any atom is -0.357 e. The van der Waals surface area contributed by atoms with Crippen molar-refractivity contribution in [2.24, 2.45) is 0 Å². The first-order valence-electron chi connectivity index (χ1n) is 9.23. The van der Waals surface area contributed by atoms with Crippen molar-refractivity contribution in [2.75, 3.05) is 31.6 Å². The summed E-state index contributed by atoms with van der Waals surface area (Å²) < 4.78 is 40.1. The number of nitriles is 1. The summed E-state index contributed by atoms with van der Waals surface area (Å²) in [6, 6.07) is 6.40. The zero-order chi connectivity index (χ0) is 22.8. The maximum atomic E-state index is 13.4. The number of benzene rings is 1. The van der Waals surface area contributed by atoms with Gasteiger partial charge in [-0.25, -0.2) is 0 Å². The highest BCUT2D eigenvalue weighted by atomic mass is 19.4. The van der Waals surface area contributed by atoms with Crippen LogP contribution in [0, 0.1) is 11.3 Å². The van der Waals surface area contributed by atoms with E-state index >= 15 is 0 Å². The molecule has 1 aliphatic heterocycles. The number of anilines is 1. The van der Waals surface area contributed by atoms with E-state index in [0.29, 0.717) is 0 Å². The molecule has 1 aromatic heterocycles. The number of H-pyrrole nitrogens is 1. The van der Waals surface area contributed by atoms with Crippen LogP contribution in [0.2, 0.25) is 0 Å². The van der Waals surface area contributed by atoms with Crippen LogP contribution in [-0.2, 0) is 11.0 Å². The number of piperazine rings is 1. The molecule has 162 valence electrons. The number of nitrogens with zero attached hydrogens (tertiary/aromatic N) is 3. The number of carbonyl (C=O) groups is 2. The summed E-state index contributed by atoms with van der Waals surface area (Å²) in [4.78, 5) is 41.7. The fraction of sp³-hybridized carbons (Fsp3) is 0.300. The van der Waals surface area contributed by atoms with Gasteiger partial charge in [-0.15, -0.1) is 0 Å². The zero-order valence-corrected chi connectivity index (χ0v) is 16.4. The lowest BCUT2D eigenvalue weighted by Gasteiger charge is -2.42. The van der Waals surface area contributed by atoms with Gasteiger partial charge in [0.2, 0.25) is 11.5 Å². The standard InChI is InChI=1S/C20H18F3N5O3/c1-25-18(30)16-11-27(19(31)13-3-5-17(29)26-10-13)6-7-28(16)14-4-2-12(9-24)15(8-14)20(21,22)23/h2-5,8,10,16H,6-7,11H2,1H3,(H,25,30)(H,26,29). The fourth-order valence-electron chi connectivity index (χ4n) is 3.44. The van der Waals surface area contributed by atoms with Gasteiger partial charge in [0, 0.05) is 38.1 Å². The Balaban J connectivity index is 1.92. The van der Waals surface area contributed by atoms with Gasteiger partial charge >= 0.3 is 6.18 Å². The predicted octanol–water partition coefficient (Wildman–Crippen LogP) is 1.34. The third-order valence-corrected chi connectivity index (χ3v) is 5.01. The fourth-order valence-corrected chi connectivity index (χ4v) is 3.44. The number of nitrogens with one attached hydrogen (secondary N) is 2. The van der Waals surface area contributed by atoms with Crippen molar-refractivity contribution < 1.29 is 22.8 Å². The molecule has 2 N–H and O–H groups in total. The number of carbonyl (C=O) groups excluding carboxylic acids is 2. The highest BCUT2D eigenvalue weighted by Crippen LogP contribution is 2.35. The molecule has 31 heavy (non-hydrogen) atoms. The second-order valence-electron chi connectivity index (χ2n) is 6.86. The molecular formula is C20H18F3N5O3. The smallest absolute Gasteiger partial charge is 0.357 e. The van der Waals surface area contributed by atoms with Crippen LogP contribution in [0.25, 0.3) is 0 Å². The number of hydrogen-bond donors (Lipinski definition) is 2. The van der Waals surface area contributed by atoms with E-state index in [0.717, 1.165) is 12.1 Å². The van der Waals surface area contributed by atoms with Crippen LogP contribution in [-0.4, -0.2) is 54.4 Å². The molecule has 0 bridgehead atoms. The van der Waals surface area contributed by atoms with E-state index in [1.165, 1.54) is 47.3 Å². The van der Waals surface area contributed by atoms with Crippen LogP contribution in [0.3, 0.4) is 0 Å². The van der Waals surface area contributed by atoms with Gasteiger partial charge in [0.05, 0.1) is 29.3 Å². The summed E-state index contributed by atoms with van der Waals surface area (Å²) in [5.41, 5.74) is -1.63. The van der Waals surface area contributed by atoms with E-state index in [1.807, 2.05) is 0 Å². The van der Waals surface area contributed by atoms with Crippen molar-refractivity contribution in [1.29, 1.82) is 5.26 Å². The zero-order valence-electron chi connectivity index (χ0n) is 16.4. The normalized spacial score (nSPS) is 16.5. The second kappa shape index (κ2) is 8.51. The molecular weight excluding hydrogens is 415 g/mol. The maximum Gasteiger partial charge on any atom is 0.417 e. The Morgan fingerprint density at radius 2 is 1.97 bits per heavy atom. The molecule has 1 aliphatic rings. The van der Waals surface area contributed by atoms with Gasteiger partial charge in [-0.2, -0.15) is 18.4 Å².